The Morgan fingerprint density at radius 2 is 1.81 bits per heavy atom. The number of benzene rings is 1. The van der Waals surface area contributed by atoms with Crippen LogP contribution in [0.25, 0.3) is 0 Å². The lowest BCUT2D eigenvalue weighted by Crippen LogP contribution is -2.42. The van der Waals surface area contributed by atoms with Crippen molar-refractivity contribution in [2.75, 3.05) is 24.6 Å². The zero-order chi connectivity index (χ0) is 19.3. The van der Waals surface area contributed by atoms with E-state index in [9.17, 15) is 23.1 Å². The number of carboxylic acid groups (broad SMARTS) is 1. The Hall–Kier alpha value is -1.89. The number of likely N-dealkylation sites (tertiary alicyclic amines) is 1. The number of carbonyl (C=O) groups is 2. The van der Waals surface area contributed by atoms with Crippen LogP contribution in [0.3, 0.4) is 0 Å². The molecular weight excluding hydrogens is 354 g/mol. The monoisotopic (exact) mass is 381 g/mol. The summed E-state index contributed by atoms with van der Waals surface area (Å²) in [6, 6.07) is 6.99. The first-order chi connectivity index (χ1) is 12.2. The molecule has 1 fully saturated rings. The van der Waals surface area contributed by atoms with E-state index in [1.165, 1.54) is 0 Å². The van der Waals surface area contributed by atoms with E-state index in [-0.39, 0.29) is 17.6 Å². The van der Waals surface area contributed by atoms with E-state index in [2.05, 4.69) is 0 Å². The maximum Gasteiger partial charge on any atom is 0.335 e. The number of rotatable bonds is 7. The third-order valence-electron chi connectivity index (χ3n) is 4.65. The highest BCUT2D eigenvalue weighted by molar-refractivity contribution is 7.92. The molecule has 1 amide bonds. The Balaban J connectivity index is 1.89. The summed E-state index contributed by atoms with van der Waals surface area (Å²) in [6.07, 6.45) is 2.17. The Morgan fingerprint density at radius 1 is 1.19 bits per heavy atom. The van der Waals surface area contributed by atoms with Gasteiger partial charge in [0.05, 0.1) is 11.3 Å². The Kier molecular flexibility index (Phi) is 6.81. The fourth-order valence-electron chi connectivity index (χ4n) is 3.45. The van der Waals surface area contributed by atoms with Gasteiger partial charge in [-0.05, 0) is 42.7 Å². The summed E-state index contributed by atoms with van der Waals surface area (Å²) in [5.74, 6) is -1.34. The van der Waals surface area contributed by atoms with Crippen molar-refractivity contribution in [2.45, 2.75) is 33.1 Å². The summed E-state index contributed by atoms with van der Waals surface area (Å²) < 4.78 is 24.0. The number of hydrogen-bond acceptors (Lipinski definition) is 4. The predicted molar refractivity (Wildman–Crippen MR) is 99.9 cm³/mol. The average Bonchev–Trinajstić information content (AvgIpc) is 2.54. The van der Waals surface area contributed by atoms with Gasteiger partial charge < -0.3 is 10.0 Å². The molecule has 0 radical (unpaired) electrons. The second kappa shape index (κ2) is 8.66. The molecule has 144 valence electrons. The number of aromatic carboxylic acids is 1. The van der Waals surface area contributed by atoms with Gasteiger partial charge in [0.1, 0.15) is 5.75 Å². The molecule has 0 spiro atoms. The van der Waals surface area contributed by atoms with Crippen molar-refractivity contribution in [1.29, 1.82) is 0 Å². The van der Waals surface area contributed by atoms with Crippen LogP contribution in [0.15, 0.2) is 24.3 Å². The number of piperidine rings is 1. The average molecular weight is 381 g/mol. The molecule has 1 aliphatic heterocycles. The van der Waals surface area contributed by atoms with Crippen LogP contribution in [0, 0.1) is 11.8 Å². The molecule has 1 saturated heterocycles. The molecule has 0 aliphatic carbocycles. The van der Waals surface area contributed by atoms with Gasteiger partial charge in [-0.25, -0.2) is 13.2 Å². The van der Waals surface area contributed by atoms with E-state index in [0.717, 1.165) is 18.4 Å². The summed E-state index contributed by atoms with van der Waals surface area (Å²) in [5, 5.41) is 9.27. The minimum atomic E-state index is -3.36. The number of sulfone groups is 1. The topological polar surface area (TPSA) is 91.8 Å². The standard InChI is InChI=1S/C19H27NO5S/c1-14(2)12-26(24,25)13-18(21)20-9-7-15(8-10-20)11-16-5-3-4-6-17(16)19(22)23/h3-6,14-15H,7-13H2,1-2H3,(H,22,23). The number of hydrogen-bond donors (Lipinski definition) is 1. The van der Waals surface area contributed by atoms with Gasteiger partial charge in [0, 0.05) is 13.1 Å². The highest BCUT2D eigenvalue weighted by atomic mass is 32.2. The fourth-order valence-corrected chi connectivity index (χ4v) is 5.14. The van der Waals surface area contributed by atoms with Crippen LogP contribution in [-0.2, 0) is 21.1 Å². The minimum absolute atomic E-state index is 0.00726. The molecular formula is C19H27NO5S. The Labute approximate surface area is 155 Å². The van der Waals surface area contributed by atoms with Crippen molar-refractivity contribution in [2.24, 2.45) is 11.8 Å². The first-order valence-electron chi connectivity index (χ1n) is 8.97. The Bertz CT molecular complexity index is 749. The molecule has 6 nitrogen and oxygen atoms in total. The summed E-state index contributed by atoms with van der Waals surface area (Å²) in [7, 11) is -3.36. The molecule has 1 aromatic rings. The fraction of sp³-hybridized carbons (Fsp3) is 0.579. The van der Waals surface area contributed by atoms with Crippen LogP contribution in [-0.4, -0.2) is 54.9 Å². The lowest BCUT2D eigenvalue weighted by Gasteiger charge is -2.32. The van der Waals surface area contributed by atoms with Gasteiger partial charge in [-0.15, -0.1) is 0 Å². The van der Waals surface area contributed by atoms with E-state index < -0.39 is 21.6 Å². The summed E-state index contributed by atoms with van der Waals surface area (Å²) >= 11 is 0. The van der Waals surface area contributed by atoms with Crippen molar-refractivity contribution in [3.63, 3.8) is 0 Å². The van der Waals surface area contributed by atoms with Crippen molar-refractivity contribution in [3.8, 4) is 0 Å². The van der Waals surface area contributed by atoms with E-state index >= 15 is 0 Å². The van der Waals surface area contributed by atoms with Gasteiger partial charge in [0.2, 0.25) is 5.91 Å². The van der Waals surface area contributed by atoms with Gasteiger partial charge >= 0.3 is 5.97 Å². The number of carbonyl (C=O) groups excluding carboxylic acids is 1. The highest BCUT2D eigenvalue weighted by Crippen LogP contribution is 2.24. The summed E-state index contributed by atoms with van der Waals surface area (Å²) in [4.78, 5) is 25.2. The van der Waals surface area contributed by atoms with Gasteiger partial charge in [0.25, 0.3) is 0 Å². The zero-order valence-electron chi connectivity index (χ0n) is 15.3. The minimum Gasteiger partial charge on any atom is -0.478 e. The van der Waals surface area contributed by atoms with E-state index in [1.807, 2.05) is 26.0 Å². The second-order valence-electron chi connectivity index (χ2n) is 7.44. The number of carboxylic acids is 1. The molecule has 1 N–H and O–H groups in total. The molecule has 1 aromatic carbocycles. The van der Waals surface area contributed by atoms with Crippen LogP contribution < -0.4 is 0 Å². The van der Waals surface area contributed by atoms with Crippen LogP contribution in [0.5, 0.6) is 0 Å². The molecule has 0 aromatic heterocycles. The molecule has 0 bridgehead atoms. The largest absolute Gasteiger partial charge is 0.478 e. The zero-order valence-corrected chi connectivity index (χ0v) is 16.2. The maximum atomic E-state index is 12.3. The molecule has 0 unspecified atom stereocenters. The summed E-state index contributed by atoms with van der Waals surface area (Å²) in [5.41, 5.74) is 1.13. The lowest BCUT2D eigenvalue weighted by atomic mass is 9.88. The molecule has 26 heavy (non-hydrogen) atoms. The molecule has 1 heterocycles. The van der Waals surface area contributed by atoms with Crippen LogP contribution in [0.1, 0.15) is 42.6 Å². The molecule has 7 heteroatoms. The van der Waals surface area contributed by atoms with E-state index in [0.29, 0.717) is 31.0 Å². The molecule has 1 aliphatic rings. The Morgan fingerprint density at radius 3 is 2.38 bits per heavy atom. The SMILES string of the molecule is CC(C)CS(=O)(=O)CC(=O)N1CCC(Cc2ccccc2C(=O)O)CC1. The third-order valence-corrected chi connectivity index (χ3v) is 6.52. The molecule has 0 atom stereocenters. The summed E-state index contributed by atoms with van der Waals surface area (Å²) in [6.45, 7) is 4.69. The lowest BCUT2D eigenvalue weighted by molar-refractivity contribution is -0.129. The normalized spacial score (nSPS) is 16.0. The van der Waals surface area contributed by atoms with Crippen molar-refractivity contribution in [3.05, 3.63) is 35.4 Å². The maximum absolute atomic E-state index is 12.3. The number of nitrogens with zero attached hydrogens (tertiary/aromatic N) is 1. The van der Waals surface area contributed by atoms with Gasteiger partial charge in [-0.2, -0.15) is 0 Å². The predicted octanol–water partition coefficient (Wildman–Crippen LogP) is 2.24. The number of amides is 1. The van der Waals surface area contributed by atoms with Gasteiger partial charge in [0.15, 0.2) is 9.84 Å². The van der Waals surface area contributed by atoms with Crippen LogP contribution in [0.2, 0.25) is 0 Å². The highest BCUT2D eigenvalue weighted by Gasteiger charge is 2.27. The third kappa shape index (κ3) is 5.83. The first kappa shape index (κ1) is 20.4. The van der Waals surface area contributed by atoms with Crippen LogP contribution >= 0.6 is 0 Å². The molecule has 2 rings (SSSR count). The smallest absolute Gasteiger partial charge is 0.335 e. The molecule has 0 saturated carbocycles. The van der Waals surface area contributed by atoms with Crippen molar-refractivity contribution >= 4 is 21.7 Å². The van der Waals surface area contributed by atoms with Crippen molar-refractivity contribution < 1.29 is 23.1 Å². The van der Waals surface area contributed by atoms with Gasteiger partial charge in [-0.1, -0.05) is 32.0 Å². The first-order valence-corrected chi connectivity index (χ1v) is 10.8. The quantitative estimate of drug-likeness (QED) is 0.782. The van der Waals surface area contributed by atoms with Crippen molar-refractivity contribution in [1.82, 2.24) is 4.90 Å². The van der Waals surface area contributed by atoms with Gasteiger partial charge in [-0.3, -0.25) is 4.79 Å². The second-order valence-corrected chi connectivity index (χ2v) is 9.55. The van der Waals surface area contributed by atoms with E-state index in [4.69, 9.17) is 0 Å². The van der Waals surface area contributed by atoms with E-state index in [1.54, 1.807) is 17.0 Å². The van der Waals surface area contributed by atoms with Crippen LogP contribution in [0.4, 0.5) is 0 Å².